The van der Waals surface area contributed by atoms with E-state index >= 15 is 0 Å². The van der Waals surface area contributed by atoms with Crippen molar-refractivity contribution in [2.75, 3.05) is 25.6 Å². The van der Waals surface area contributed by atoms with Crippen LogP contribution in [0.3, 0.4) is 0 Å². The normalized spacial score (nSPS) is 11.3. The van der Waals surface area contributed by atoms with E-state index in [9.17, 15) is 4.79 Å². The Balaban J connectivity index is 1.52. The van der Waals surface area contributed by atoms with Gasteiger partial charge in [-0.25, -0.2) is 4.98 Å². The highest BCUT2D eigenvalue weighted by Crippen LogP contribution is 2.26. The van der Waals surface area contributed by atoms with Crippen LogP contribution in [0.5, 0.6) is 5.75 Å². The molecular formula is C23H25N3O4. The molecule has 0 unspecified atom stereocenters. The van der Waals surface area contributed by atoms with Crippen LogP contribution in [0.4, 0.5) is 5.95 Å². The number of hydrogen-bond acceptors (Lipinski definition) is 5. The summed E-state index contributed by atoms with van der Waals surface area (Å²) in [4.78, 5) is 17.4. The number of aryl methyl sites for hydroxylation is 1. The van der Waals surface area contributed by atoms with Crippen molar-refractivity contribution in [1.82, 2.24) is 9.55 Å². The van der Waals surface area contributed by atoms with Gasteiger partial charge in [-0.15, -0.1) is 0 Å². The van der Waals surface area contributed by atoms with E-state index in [1.54, 1.807) is 13.4 Å². The molecule has 0 fully saturated rings. The summed E-state index contributed by atoms with van der Waals surface area (Å²) in [6.45, 7) is 4.05. The largest absolute Gasteiger partial charge is 0.497 e. The fourth-order valence-electron chi connectivity index (χ4n) is 3.54. The van der Waals surface area contributed by atoms with E-state index in [2.05, 4.69) is 10.3 Å². The minimum atomic E-state index is -0.144. The highest BCUT2D eigenvalue weighted by atomic mass is 16.5. The standard InChI is InChI=1S/C23H25N3O4/c1-3-29-12-6-11-26-20-8-5-4-7-19(20)24-23(26)25-22(27)13-16-15-30-21-14-17(28-2)9-10-18(16)21/h4-5,7-10,14-15H,3,6,11-13H2,1-2H3,(H,24,25,27). The number of nitrogens with one attached hydrogen (secondary N) is 1. The van der Waals surface area contributed by atoms with E-state index < -0.39 is 0 Å². The van der Waals surface area contributed by atoms with Crippen molar-refractivity contribution in [2.24, 2.45) is 0 Å². The van der Waals surface area contributed by atoms with Gasteiger partial charge in [-0.05, 0) is 37.6 Å². The van der Waals surface area contributed by atoms with Crippen LogP contribution < -0.4 is 10.1 Å². The van der Waals surface area contributed by atoms with Gasteiger partial charge in [-0.1, -0.05) is 12.1 Å². The molecule has 0 bridgehead atoms. The molecule has 1 amide bonds. The Hall–Kier alpha value is -3.32. The maximum Gasteiger partial charge on any atom is 0.231 e. The van der Waals surface area contributed by atoms with Gasteiger partial charge in [0.1, 0.15) is 11.3 Å². The molecule has 7 heteroatoms. The topological polar surface area (TPSA) is 78.5 Å². The Kier molecular flexibility index (Phi) is 5.99. The molecule has 30 heavy (non-hydrogen) atoms. The minimum absolute atomic E-state index is 0.144. The number of nitrogens with zero attached hydrogens (tertiary/aromatic N) is 2. The van der Waals surface area contributed by atoms with Crippen molar-refractivity contribution >= 4 is 33.9 Å². The summed E-state index contributed by atoms with van der Waals surface area (Å²) in [7, 11) is 1.61. The number of carbonyl (C=O) groups excluding carboxylic acids is 1. The first-order valence-corrected chi connectivity index (χ1v) is 10.1. The Morgan fingerprint density at radius 3 is 2.93 bits per heavy atom. The molecule has 2 aromatic heterocycles. The monoisotopic (exact) mass is 407 g/mol. The lowest BCUT2D eigenvalue weighted by atomic mass is 10.1. The van der Waals surface area contributed by atoms with Crippen molar-refractivity contribution in [3.05, 3.63) is 54.3 Å². The fourth-order valence-corrected chi connectivity index (χ4v) is 3.54. The van der Waals surface area contributed by atoms with Gasteiger partial charge in [-0.3, -0.25) is 10.1 Å². The van der Waals surface area contributed by atoms with Crippen LogP contribution in [0, 0.1) is 0 Å². The maximum absolute atomic E-state index is 12.8. The van der Waals surface area contributed by atoms with Crippen LogP contribution in [0.25, 0.3) is 22.0 Å². The van der Waals surface area contributed by atoms with Crippen LogP contribution >= 0.6 is 0 Å². The predicted octanol–water partition coefficient (Wildman–Crippen LogP) is 4.40. The number of benzene rings is 2. The second-order valence-electron chi connectivity index (χ2n) is 6.97. The molecule has 0 saturated heterocycles. The van der Waals surface area contributed by atoms with E-state index in [4.69, 9.17) is 13.9 Å². The summed E-state index contributed by atoms with van der Waals surface area (Å²) in [6.07, 6.45) is 2.65. The molecule has 4 rings (SSSR count). The number of ether oxygens (including phenoxy) is 2. The Bertz CT molecular complexity index is 1160. The molecule has 2 heterocycles. The van der Waals surface area contributed by atoms with Gasteiger partial charge in [-0.2, -0.15) is 0 Å². The molecule has 156 valence electrons. The number of para-hydroxylation sites is 2. The van der Waals surface area contributed by atoms with Crippen LogP contribution in [0.2, 0.25) is 0 Å². The molecule has 7 nitrogen and oxygen atoms in total. The molecule has 0 aliphatic rings. The molecule has 0 atom stereocenters. The van der Waals surface area contributed by atoms with E-state index in [1.165, 1.54) is 0 Å². The lowest BCUT2D eigenvalue weighted by molar-refractivity contribution is -0.115. The summed E-state index contributed by atoms with van der Waals surface area (Å²) in [5.74, 6) is 1.12. The van der Waals surface area contributed by atoms with E-state index in [0.717, 1.165) is 28.4 Å². The first kappa shape index (κ1) is 20.0. The molecule has 1 N–H and O–H groups in total. The van der Waals surface area contributed by atoms with Crippen LogP contribution in [-0.4, -0.2) is 35.8 Å². The van der Waals surface area contributed by atoms with E-state index in [-0.39, 0.29) is 12.3 Å². The van der Waals surface area contributed by atoms with Crippen molar-refractivity contribution in [1.29, 1.82) is 0 Å². The number of aromatic nitrogens is 2. The van der Waals surface area contributed by atoms with Crippen molar-refractivity contribution in [3.63, 3.8) is 0 Å². The van der Waals surface area contributed by atoms with Gasteiger partial charge in [0.2, 0.25) is 11.9 Å². The van der Waals surface area contributed by atoms with Gasteiger partial charge < -0.3 is 18.5 Å². The number of rotatable bonds is 9. The summed E-state index contributed by atoms with van der Waals surface area (Å²) < 4.78 is 18.3. The minimum Gasteiger partial charge on any atom is -0.497 e. The molecule has 4 aromatic rings. The van der Waals surface area contributed by atoms with Crippen LogP contribution in [0.15, 0.2) is 53.1 Å². The average Bonchev–Trinajstić information content (AvgIpc) is 3.31. The molecule has 2 aromatic carbocycles. The van der Waals surface area contributed by atoms with Gasteiger partial charge in [0.15, 0.2) is 0 Å². The van der Waals surface area contributed by atoms with Crippen LogP contribution in [-0.2, 0) is 22.5 Å². The van der Waals surface area contributed by atoms with Crippen molar-refractivity contribution in [3.8, 4) is 5.75 Å². The quantitative estimate of drug-likeness (QED) is 0.416. The smallest absolute Gasteiger partial charge is 0.231 e. The molecular weight excluding hydrogens is 382 g/mol. The second kappa shape index (κ2) is 9.00. The Morgan fingerprint density at radius 1 is 1.23 bits per heavy atom. The van der Waals surface area contributed by atoms with Crippen molar-refractivity contribution < 1.29 is 18.7 Å². The lowest BCUT2D eigenvalue weighted by Crippen LogP contribution is -2.18. The third kappa shape index (κ3) is 4.16. The molecule has 0 radical (unpaired) electrons. The average molecular weight is 407 g/mol. The number of furan rings is 1. The van der Waals surface area contributed by atoms with Gasteiger partial charge in [0.25, 0.3) is 0 Å². The van der Waals surface area contributed by atoms with Gasteiger partial charge >= 0.3 is 0 Å². The van der Waals surface area contributed by atoms with Gasteiger partial charge in [0, 0.05) is 36.8 Å². The number of amides is 1. The van der Waals surface area contributed by atoms with E-state index in [1.807, 2.05) is 54.0 Å². The number of carbonyl (C=O) groups is 1. The number of anilines is 1. The molecule has 0 spiro atoms. The zero-order valence-electron chi connectivity index (χ0n) is 17.2. The van der Waals surface area contributed by atoms with Crippen LogP contribution in [0.1, 0.15) is 18.9 Å². The number of methoxy groups -OCH3 is 1. The molecule has 0 saturated carbocycles. The fraction of sp³-hybridized carbons (Fsp3) is 0.304. The summed E-state index contributed by atoms with van der Waals surface area (Å²) in [5, 5.41) is 3.87. The third-order valence-electron chi connectivity index (χ3n) is 4.99. The third-order valence-corrected chi connectivity index (χ3v) is 4.99. The number of hydrogen-bond donors (Lipinski definition) is 1. The predicted molar refractivity (Wildman–Crippen MR) is 116 cm³/mol. The zero-order valence-corrected chi connectivity index (χ0v) is 17.2. The lowest BCUT2D eigenvalue weighted by Gasteiger charge is -2.10. The van der Waals surface area contributed by atoms with Gasteiger partial charge in [0.05, 0.1) is 30.8 Å². The maximum atomic E-state index is 12.8. The molecule has 0 aliphatic carbocycles. The number of fused-ring (bicyclic) bond motifs is 2. The zero-order chi connectivity index (χ0) is 20.9. The number of imidazole rings is 1. The highest BCUT2D eigenvalue weighted by Gasteiger charge is 2.16. The second-order valence-corrected chi connectivity index (χ2v) is 6.97. The first-order chi connectivity index (χ1) is 14.7. The first-order valence-electron chi connectivity index (χ1n) is 10.1. The Labute approximate surface area is 174 Å². The summed E-state index contributed by atoms with van der Waals surface area (Å²) in [6, 6.07) is 13.4. The molecule has 0 aliphatic heterocycles. The summed E-state index contributed by atoms with van der Waals surface area (Å²) >= 11 is 0. The SMILES string of the molecule is CCOCCCn1c(NC(=O)Cc2coc3cc(OC)ccc23)nc2ccccc21. The van der Waals surface area contributed by atoms with Crippen molar-refractivity contribution in [2.45, 2.75) is 26.3 Å². The highest BCUT2D eigenvalue weighted by molar-refractivity contribution is 5.95. The Morgan fingerprint density at radius 2 is 2.10 bits per heavy atom. The van der Waals surface area contributed by atoms with E-state index in [0.29, 0.717) is 37.0 Å². The summed E-state index contributed by atoms with van der Waals surface area (Å²) in [5.41, 5.74) is 3.36.